The van der Waals surface area contributed by atoms with Gasteiger partial charge in [0.1, 0.15) is 0 Å². The van der Waals surface area contributed by atoms with Crippen molar-refractivity contribution in [3.63, 3.8) is 0 Å². The van der Waals surface area contributed by atoms with Crippen LogP contribution in [0.4, 0.5) is 0 Å². The SMILES string of the molecule is CCCCOC(=O)c1cc(C(=O)OCCCC)cc(C(c2[nH]cc3c2CC=CC3)c2[nH]cc3c2CC=CC3)c1. The highest BCUT2D eigenvalue weighted by molar-refractivity contribution is 5.96. The first-order chi connectivity index (χ1) is 19.1. The molecule has 0 unspecified atom stereocenters. The highest BCUT2D eigenvalue weighted by Gasteiger charge is 2.30. The van der Waals surface area contributed by atoms with Crippen LogP contribution in [0.2, 0.25) is 0 Å². The van der Waals surface area contributed by atoms with Gasteiger partial charge in [-0.05, 0) is 84.5 Å². The van der Waals surface area contributed by atoms with Gasteiger partial charge in [0.05, 0.1) is 30.3 Å². The summed E-state index contributed by atoms with van der Waals surface area (Å²) in [6.07, 6.45) is 20.0. The predicted octanol–water partition coefficient (Wildman–Crippen LogP) is 6.75. The van der Waals surface area contributed by atoms with Crippen LogP contribution in [0.25, 0.3) is 0 Å². The number of aromatic amines is 2. The fraction of sp³-hybridized carbons (Fsp3) is 0.394. The van der Waals surface area contributed by atoms with E-state index in [4.69, 9.17) is 9.47 Å². The molecule has 6 heteroatoms. The Morgan fingerprint density at radius 3 is 1.64 bits per heavy atom. The number of benzene rings is 1. The van der Waals surface area contributed by atoms with E-state index in [0.717, 1.165) is 68.3 Å². The summed E-state index contributed by atoms with van der Waals surface area (Å²) < 4.78 is 11.1. The zero-order valence-corrected chi connectivity index (χ0v) is 23.0. The Morgan fingerprint density at radius 2 is 1.18 bits per heavy atom. The van der Waals surface area contributed by atoms with Crippen molar-refractivity contribution in [2.75, 3.05) is 13.2 Å². The van der Waals surface area contributed by atoms with Gasteiger partial charge < -0.3 is 19.4 Å². The molecular weight excluding hydrogens is 488 g/mol. The van der Waals surface area contributed by atoms with Crippen molar-refractivity contribution < 1.29 is 19.1 Å². The van der Waals surface area contributed by atoms with E-state index in [1.807, 2.05) is 12.1 Å². The van der Waals surface area contributed by atoms with Crippen LogP contribution in [0.1, 0.15) is 105 Å². The van der Waals surface area contributed by atoms with E-state index in [-0.39, 0.29) is 5.92 Å². The first-order valence-corrected chi connectivity index (χ1v) is 14.3. The summed E-state index contributed by atoms with van der Waals surface area (Å²) in [6.45, 7) is 4.82. The molecule has 0 aliphatic heterocycles. The number of ether oxygens (including phenoxy) is 2. The van der Waals surface area contributed by atoms with Crippen molar-refractivity contribution in [2.45, 2.75) is 71.1 Å². The zero-order valence-electron chi connectivity index (χ0n) is 23.0. The largest absolute Gasteiger partial charge is 0.462 e. The minimum absolute atomic E-state index is 0.207. The Labute approximate surface area is 230 Å². The minimum atomic E-state index is -0.417. The first kappa shape index (κ1) is 26.8. The Bertz CT molecular complexity index is 1290. The molecule has 6 nitrogen and oxygen atoms in total. The van der Waals surface area contributed by atoms with Gasteiger partial charge in [-0.15, -0.1) is 0 Å². The van der Waals surface area contributed by atoms with Crippen LogP contribution < -0.4 is 0 Å². The second kappa shape index (κ2) is 12.4. The topological polar surface area (TPSA) is 84.2 Å². The molecule has 0 amide bonds. The van der Waals surface area contributed by atoms with Gasteiger partial charge in [-0.3, -0.25) is 0 Å². The molecule has 204 valence electrons. The number of H-pyrrole nitrogens is 2. The smallest absolute Gasteiger partial charge is 0.338 e. The number of allylic oxidation sites excluding steroid dienone is 4. The molecular formula is C33H38N2O4. The fourth-order valence-corrected chi connectivity index (χ4v) is 5.53. The Kier molecular flexibility index (Phi) is 8.50. The number of hydrogen-bond acceptors (Lipinski definition) is 4. The number of rotatable bonds is 11. The molecule has 0 bridgehead atoms. The number of carbonyl (C=O) groups is 2. The van der Waals surface area contributed by atoms with Crippen molar-refractivity contribution in [1.29, 1.82) is 0 Å². The lowest BCUT2D eigenvalue weighted by atomic mass is 9.83. The third kappa shape index (κ3) is 5.80. The van der Waals surface area contributed by atoms with Crippen molar-refractivity contribution in [2.24, 2.45) is 0 Å². The lowest BCUT2D eigenvalue weighted by molar-refractivity contribution is 0.0498. The summed E-state index contributed by atoms with van der Waals surface area (Å²) >= 11 is 0. The molecule has 0 fully saturated rings. The van der Waals surface area contributed by atoms with Gasteiger partial charge in [-0.1, -0.05) is 51.0 Å². The summed E-state index contributed by atoms with van der Waals surface area (Å²) in [5.74, 6) is -1.04. The van der Waals surface area contributed by atoms with Crippen LogP contribution in [0.3, 0.4) is 0 Å². The molecule has 2 aromatic heterocycles. The molecule has 1 aromatic carbocycles. The predicted molar refractivity (Wildman–Crippen MR) is 152 cm³/mol. The minimum Gasteiger partial charge on any atom is -0.462 e. The molecule has 0 spiro atoms. The van der Waals surface area contributed by atoms with Gasteiger partial charge >= 0.3 is 11.9 Å². The number of nitrogens with one attached hydrogen (secondary N) is 2. The molecule has 2 aliphatic carbocycles. The summed E-state index contributed by atoms with van der Waals surface area (Å²) in [4.78, 5) is 33.5. The average molecular weight is 527 g/mol. The van der Waals surface area contributed by atoms with Gasteiger partial charge in [-0.25, -0.2) is 9.59 Å². The summed E-state index contributed by atoms with van der Waals surface area (Å²) in [5.41, 5.74) is 8.92. The Balaban J connectivity index is 1.63. The molecule has 3 aromatic rings. The number of esters is 2. The molecule has 39 heavy (non-hydrogen) atoms. The Morgan fingerprint density at radius 1 is 0.718 bits per heavy atom. The fourth-order valence-electron chi connectivity index (χ4n) is 5.53. The maximum Gasteiger partial charge on any atom is 0.338 e. The normalized spacial score (nSPS) is 13.8. The second-order valence-corrected chi connectivity index (χ2v) is 10.4. The number of unbranched alkanes of at least 4 members (excludes halogenated alkanes) is 2. The summed E-state index contributed by atoms with van der Waals surface area (Å²) in [6, 6.07) is 5.39. The van der Waals surface area contributed by atoms with Gasteiger partial charge in [0, 0.05) is 23.8 Å². The van der Waals surface area contributed by atoms with Crippen LogP contribution in [-0.4, -0.2) is 35.1 Å². The van der Waals surface area contributed by atoms with Crippen molar-refractivity contribution in [1.82, 2.24) is 9.97 Å². The van der Waals surface area contributed by atoms with Gasteiger partial charge in [0.2, 0.25) is 0 Å². The molecule has 2 heterocycles. The van der Waals surface area contributed by atoms with E-state index in [0.29, 0.717) is 24.3 Å². The second-order valence-electron chi connectivity index (χ2n) is 10.4. The van der Waals surface area contributed by atoms with Crippen LogP contribution in [0.5, 0.6) is 0 Å². The third-order valence-electron chi connectivity index (χ3n) is 7.68. The standard InChI is InChI=1S/C33H38N2O4/c1-3-5-15-38-32(36)25-17-24(18-26(19-25)33(37)39-16-6-4-2)29(30-27-13-9-7-11-22(27)20-34-30)31-28-14-10-8-12-23(28)21-35-31/h7-10,17-21,29,34-35H,3-6,11-16H2,1-2H3. The van der Waals surface area contributed by atoms with Crippen LogP contribution in [0, 0.1) is 0 Å². The van der Waals surface area contributed by atoms with E-state index in [2.05, 4.69) is 60.5 Å². The maximum absolute atomic E-state index is 13.2. The number of fused-ring (bicyclic) bond motifs is 2. The quantitative estimate of drug-likeness (QED) is 0.165. The van der Waals surface area contributed by atoms with Crippen molar-refractivity contribution in [3.05, 3.63) is 105 Å². The van der Waals surface area contributed by atoms with Gasteiger partial charge in [0.25, 0.3) is 0 Å². The summed E-state index contributed by atoms with van der Waals surface area (Å²) in [7, 11) is 0. The monoisotopic (exact) mass is 526 g/mol. The third-order valence-corrected chi connectivity index (χ3v) is 7.68. The van der Waals surface area contributed by atoms with Crippen LogP contribution in [-0.2, 0) is 35.2 Å². The van der Waals surface area contributed by atoms with E-state index < -0.39 is 11.9 Å². The van der Waals surface area contributed by atoms with Gasteiger partial charge in [0.15, 0.2) is 0 Å². The maximum atomic E-state index is 13.2. The van der Waals surface area contributed by atoms with E-state index in [9.17, 15) is 9.59 Å². The van der Waals surface area contributed by atoms with Crippen LogP contribution in [0.15, 0.2) is 54.9 Å². The number of aromatic nitrogens is 2. The highest BCUT2D eigenvalue weighted by atomic mass is 16.5. The van der Waals surface area contributed by atoms with Crippen LogP contribution >= 0.6 is 0 Å². The first-order valence-electron chi connectivity index (χ1n) is 14.3. The number of carbonyl (C=O) groups excluding carboxylic acids is 2. The lowest BCUT2D eigenvalue weighted by Gasteiger charge is -2.22. The molecule has 2 aliphatic rings. The highest BCUT2D eigenvalue weighted by Crippen LogP contribution is 2.39. The van der Waals surface area contributed by atoms with Gasteiger partial charge in [-0.2, -0.15) is 0 Å². The number of hydrogen-bond donors (Lipinski definition) is 2. The van der Waals surface area contributed by atoms with Crippen molar-refractivity contribution >= 4 is 11.9 Å². The Hall–Kier alpha value is -3.80. The van der Waals surface area contributed by atoms with E-state index >= 15 is 0 Å². The molecule has 0 saturated heterocycles. The molecule has 0 atom stereocenters. The zero-order chi connectivity index (χ0) is 27.2. The molecule has 2 N–H and O–H groups in total. The lowest BCUT2D eigenvalue weighted by Crippen LogP contribution is -2.15. The van der Waals surface area contributed by atoms with Crippen molar-refractivity contribution in [3.8, 4) is 0 Å². The van der Waals surface area contributed by atoms with E-state index in [1.165, 1.54) is 22.3 Å². The van der Waals surface area contributed by atoms with E-state index in [1.54, 1.807) is 6.07 Å². The summed E-state index contributed by atoms with van der Waals surface area (Å²) in [5, 5.41) is 0. The average Bonchev–Trinajstić information content (AvgIpc) is 3.58. The molecule has 5 rings (SSSR count). The molecule has 0 saturated carbocycles. The molecule has 0 radical (unpaired) electrons.